The normalized spacial score (nSPS) is 12.1. The molecule has 1 rings (SSSR count). The molecule has 3 N–H and O–H groups in total. The number of benzene rings is 1. The molecular weight excluding hydrogens is 232 g/mol. The SMILES string of the molecule is Cc1cccc(/C=C/NC(=O)NC(C)C(=O)O)c1. The van der Waals surface area contributed by atoms with Crippen LogP contribution in [0.2, 0.25) is 0 Å². The topological polar surface area (TPSA) is 78.4 Å². The number of nitrogens with one attached hydrogen (secondary N) is 2. The van der Waals surface area contributed by atoms with Crippen molar-refractivity contribution in [3.63, 3.8) is 0 Å². The molecule has 5 heteroatoms. The Bertz CT molecular complexity index is 469. The highest BCUT2D eigenvalue weighted by Gasteiger charge is 2.12. The number of carbonyl (C=O) groups excluding carboxylic acids is 1. The molecule has 0 aliphatic heterocycles. The smallest absolute Gasteiger partial charge is 0.325 e. The maximum atomic E-state index is 11.3. The van der Waals surface area contributed by atoms with Gasteiger partial charge in [-0.15, -0.1) is 0 Å². The molecule has 0 aromatic heterocycles. The molecule has 0 radical (unpaired) electrons. The maximum absolute atomic E-state index is 11.3. The Morgan fingerprint density at radius 3 is 2.72 bits per heavy atom. The lowest BCUT2D eigenvalue weighted by molar-refractivity contribution is -0.138. The Morgan fingerprint density at radius 2 is 2.11 bits per heavy atom. The summed E-state index contributed by atoms with van der Waals surface area (Å²) in [6.45, 7) is 3.37. The first-order valence-electron chi connectivity index (χ1n) is 5.52. The second-order valence-electron chi connectivity index (χ2n) is 3.93. The molecule has 1 unspecified atom stereocenters. The molecule has 18 heavy (non-hydrogen) atoms. The highest BCUT2D eigenvalue weighted by molar-refractivity contribution is 5.82. The van der Waals surface area contributed by atoms with Gasteiger partial charge in [-0.3, -0.25) is 4.79 Å². The molecule has 2 amide bonds. The molecule has 0 aliphatic carbocycles. The van der Waals surface area contributed by atoms with Crippen LogP contribution in [-0.2, 0) is 4.79 Å². The van der Waals surface area contributed by atoms with Crippen molar-refractivity contribution in [2.75, 3.05) is 0 Å². The van der Waals surface area contributed by atoms with Crippen LogP contribution in [0.3, 0.4) is 0 Å². The van der Waals surface area contributed by atoms with Crippen molar-refractivity contribution in [3.8, 4) is 0 Å². The zero-order valence-corrected chi connectivity index (χ0v) is 10.3. The lowest BCUT2D eigenvalue weighted by Gasteiger charge is -2.08. The van der Waals surface area contributed by atoms with E-state index in [4.69, 9.17) is 5.11 Å². The molecule has 0 saturated heterocycles. The van der Waals surface area contributed by atoms with Gasteiger partial charge >= 0.3 is 12.0 Å². The Labute approximate surface area is 106 Å². The van der Waals surface area contributed by atoms with Gasteiger partial charge in [-0.05, 0) is 25.5 Å². The van der Waals surface area contributed by atoms with E-state index in [2.05, 4.69) is 10.6 Å². The summed E-state index contributed by atoms with van der Waals surface area (Å²) in [6.07, 6.45) is 3.21. The quantitative estimate of drug-likeness (QED) is 0.759. The monoisotopic (exact) mass is 248 g/mol. The van der Waals surface area contributed by atoms with Gasteiger partial charge in [0.2, 0.25) is 0 Å². The largest absolute Gasteiger partial charge is 0.480 e. The molecule has 5 nitrogen and oxygen atoms in total. The number of carboxylic acids is 1. The fraction of sp³-hybridized carbons (Fsp3) is 0.231. The third-order valence-corrected chi connectivity index (χ3v) is 2.25. The summed E-state index contributed by atoms with van der Waals surface area (Å²) in [5.74, 6) is -1.08. The highest BCUT2D eigenvalue weighted by atomic mass is 16.4. The van der Waals surface area contributed by atoms with Gasteiger partial charge in [-0.2, -0.15) is 0 Å². The highest BCUT2D eigenvalue weighted by Crippen LogP contribution is 2.04. The summed E-state index contributed by atoms with van der Waals surface area (Å²) in [6, 6.07) is 6.30. The minimum Gasteiger partial charge on any atom is -0.480 e. The van der Waals surface area contributed by atoms with Crippen LogP contribution in [0.15, 0.2) is 30.5 Å². The van der Waals surface area contributed by atoms with Crippen LogP contribution in [0.1, 0.15) is 18.1 Å². The summed E-state index contributed by atoms with van der Waals surface area (Å²) in [4.78, 5) is 21.8. The van der Waals surface area contributed by atoms with Gasteiger partial charge < -0.3 is 15.7 Å². The minimum absolute atomic E-state index is 0.547. The van der Waals surface area contributed by atoms with Crippen molar-refractivity contribution in [2.45, 2.75) is 19.9 Å². The third-order valence-electron chi connectivity index (χ3n) is 2.25. The number of urea groups is 1. The number of aryl methyl sites for hydroxylation is 1. The van der Waals surface area contributed by atoms with E-state index in [0.717, 1.165) is 11.1 Å². The number of rotatable bonds is 4. The van der Waals surface area contributed by atoms with E-state index < -0.39 is 18.0 Å². The van der Waals surface area contributed by atoms with Crippen molar-refractivity contribution in [1.29, 1.82) is 0 Å². The van der Waals surface area contributed by atoms with E-state index in [1.165, 1.54) is 13.1 Å². The molecule has 0 spiro atoms. The molecule has 96 valence electrons. The zero-order valence-electron chi connectivity index (χ0n) is 10.3. The third kappa shape index (κ3) is 4.69. The van der Waals surface area contributed by atoms with Gasteiger partial charge in [0.1, 0.15) is 6.04 Å². The molecular formula is C13H16N2O3. The first kappa shape index (κ1) is 13.8. The van der Waals surface area contributed by atoms with Crippen LogP contribution in [0.5, 0.6) is 0 Å². The van der Waals surface area contributed by atoms with E-state index in [1.807, 2.05) is 31.2 Å². The standard InChI is InChI=1S/C13H16N2O3/c1-9-4-3-5-11(8-9)6-7-14-13(18)15-10(2)12(16)17/h3-8,10H,1-2H3,(H,16,17)(H2,14,15,18)/b7-6+. The number of aliphatic carboxylic acids is 1. The van der Waals surface area contributed by atoms with E-state index in [1.54, 1.807) is 6.08 Å². The van der Waals surface area contributed by atoms with Gasteiger partial charge in [-0.25, -0.2) is 4.79 Å². The Kier molecular flexibility index (Phi) is 4.92. The minimum atomic E-state index is -1.08. The predicted molar refractivity (Wildman–Crippen MR) is 69.0 cm³/mol. The maximum Gasteiger partial charge on any atom is 0.325 e. The fourth-order valence-electron chi connectivity index (χ4n) is 1.29. The van der Waals surface area contributed by atoms with Crippen LogP contribution in [0.4, 0.5) is 4.79 Å². The number of hydrogen-bond acceptors (Lipinski definition) is 2. The Balaban J connectivity index is 2.45. The van der Waals surface area contributed by atoms with Gasteiger partial charge in [0, 0.05) is 6.20 Å². The van der Waals surface area contributed by atoms with E-state index in [9.17, 15) is 9.59 Å². The predicted octanol–water partition coefficient (Wildman–Crippen LogP) is 1.74. The molecule has 0 aliphatic rings. The number of amides is 2. The van der Waals surface area contributed by atoms with Crippen molar-refractivity contribution >= 4 is 18.1 Å². The first-order valence-corrected chi connectivity index (χ1v) is 5.52. The zero-order chi connectivity index (χ0) is 13.5. The summed E-state index contributed by atoms with van der Waals surface area (Å²) >= 11 is 0. The number of carboxylic acid groups (broad SMARTS) is 1. The van der Waals surface area contributed by atoms with Crippen LogP contribution >= 0.6 is 0 Å². The summed E-state index contributed by atoms with van der Waals surface area (Å²) < 4.78 is 0. The molecule has 1 atom stereocenters. The van der Waals surface area contributed by atoms with Crippen molar-refractivity contribution < 1.29 is 14.7 Å². The molecule has 0 fully saturated rings. The van der Waals surface area contributed by atoms with Crippen LogP contribution < -0.4 is 10.6 Å². The van der Waals surface area contributed by atoms with Gasteiger partial charge in [0.05, 0.1) is 0 Å². The van der Waals surface area contributed by atoms with Gasteiger partial charge in [0.15, 0.2) is 0 Å². The van der Waals surface area contributed by atoms with E-state index in [-0.39, 0.29) is 0 Å². The number of carbonyl (C=O) groups is 2. The van der Waals surface area contributed by atoms with E-state index in [0.29, 0.717) is 0 Å². The average Bonchev–Trinajstić information content (AvgIpc) is 2.28. The van der Waals surface area contributed by atoms with Crippen LogP contribution in [0.25, 0.3) is 6.08 Å². The van der Waals surface area contributed by atoms with Crippen LogP contribution in [-0.4, -0.2) is 23.1 Å². The average molecular weight is 248 g/mol. The fourth-order valence-corrected chi connectivity index (χ4v) is 1.29. The molecule has 0 saturated carbocycles. The molecule has 0 heterocycles. The van der Waals surface area contributed by atoms with Crippen molar-refractivity contribution in [3.05, 3.63) is 41.6 Å². The summed E-state index contributed by atoms with van der Waals surface area (Å²) in [5, 5.41) is 13.3. The molecule has 1 aromatic rings. The molecule has 0 bridgehead atoms. The second-order valence-corrected chi connectivity index (χ2v) is 3.93. The Morgan fingerprint density at radius 1 is 1.39 bits per heavy atom. The summed E-state index contributed by atoms with van der Waals surface area (Å²) in [5.41, 5.74) is 2.09. The first-order chi connectivity index (χ1) is 8.49. The lowest BCUT2D eigenvalue weighted by Crippen LogP contribution is -2.42. The van der Waals surface area contributed by atoms with Gasteiger partial charge in [0.25, 0.3) is 0 Å². The van der Waals surface area contributed by atoms with Crippen molar-refractivity contribution in [2.24, 2.45) is 0 Å². The Hall–Kier alpha value is -2.30. The lowest BCUT2D eigenvalue weighted by atomic mass is 10.1. The second kappa shape index (κ2) is 6.44. The summed E-state index contributed by atoms with van der Waals surface area (Å²) in [7, 11) is 0. The van der Waals surface area contributed by atoms with Gasteiger partial charge in [-0.1, -0.05) is 29.8 Å². The molecule has 1 aromatic carbocycles. The van der Waals surface area contributed by atoms with Crippen molar-refractivity contribution in [1.82, 2.24) is 10.6 Å². The number of hydrogen-bond donors (Lipinski definition) is 3. The van der Waals surface area contributed by atoms with Crippen LogP contribution in [0, 0.1) is 6.92 Å². The van der Waals surface area contributed by atoms with E-state index >= 15 is 0 Å².